The first-order chi connectivity index (χ1) is 27.2. The van der Waals surface area contributed by atoms with Gasteiger partial charge in [-0.1, -0.05) is 55.2 Å². The molecule has 10 rings (SSSR count). The van der Waals surface area contributed by atoms with E-state index in [4.69, 9.17) is 19.8 Å². The number of nitrogens with zero attached hydrogens (tertiary/aromatic N) is 6. The number of pyridine rings is 1. The highest BCUT2D eigenvalue weighted by atomic mass is 32.1. The van der Waals surface area contributed by atoms with Crippen LogP contribution < -0.4 is 15.1 Å². The Bertz CT molecular complexity index is 2440. The summed E-state index contributed by atoms with van der Waals surface area (Å²) in [6, 6.07) is 18.9. The molecule has 4 heterocycles. The molecule has 300 valence electrons. The molecule has 5 aliphatic rings. The van der Waals surface area contributed by atoms with Crippen LogP contribution >= 0.6 is 18.7 Å². The molecule has 1 N–H and O–H groups in total. The van der Waals surface area contributed by atoms with E-state index in [9.17, 15) is 14.3 Å². The highest BCUT2D eigenvalue weighted by Gasteiger charge is 2.51. The molecule has 1 aliphatic heterocycles. The van der Waals surface area contributed by atoms with Gasteiger partial charge in [-0.25, -0.2) is 4.98 Å². The van der Waals surface area contributed by atoms with Gasteiger partial charge in [-0.2, -0.15) is 10.1 Å². The molecule has 4 saturated carbocycles. The number of aromatic nitrogens is 4. The zero-order valence-corrected chi connectivity index (χ0v) is 36.6. The lowest BCUT2D eigenvalue weighted by Crippen LogP contribution is -2.48. The molecule has 1 unspecified atom stereocenters. The maximum Gasteiger partial charge on any atom is 0.280 e. The summed E-state index contributed by atoms with van der Waals surface area (Å²) in [7, 11) is -5.04. The van der Waals surface area contributed by atoms with Crippen molar-refractivity contribution in [3.05, 3.63) is 88.0 Å². The summed E-state index contributed by atoms with van der Waals surface area (Å²) in [5.41, 5.74) is 6.64. The van der Waals surface area contributed by atoms with Gasteiger partial charge in [0.25, 0.3) is 5.91 Å². The fourth-order valence-electron chi connectivity index (χ4n) is 10.7. The van der Waals surface area contributed by atoms with Gasteiger partial charge in [0.1, 0.15) is 18.0 Å². The number of hydrogen-bond acceptors (Lipinski definition) is 7. The van der Waals surface area contributed by atoms with Gasteiger partial charge in [-0.15, -0.1) is 0 Å². The van der Waals surface area contributed by atoms with Gasteiger partial charge >= 0.3 is 0 Å². The summed E-state index contributed by atoms with van der Waals surface area (Å²) < 4.78 is 24.9. The predicted octanol–water partition coefficient (Wildman–Crippen LogP) is 8.63. The van der Waals surface area contributed by atoms with Crippen LogP contribution in [0.5, 0.6) is 0 Å². The Hall–Kier alpha value is -3.67. The van der Waals surface area contributed by atoms with E-state index in [1.807, 2.05) is 53.2 Å². The smallest absolute Gasteiger partial charge is 0.280 e. The average molecular weight is 823 g/mol. The number of thiazole rings is 1. The maximum absolute atomic E-state index is 14.1. The quantitative estimate of drug-likeness (QED) is 0.0806. The first-order valence-electron chi connectivity index (χ1n) is 20.7. The summed E-state index contributed by atoms with van der Waals surface area (Å²) >= 11 is 1.49. The average Bonchev–Trinajstić information content (AvgIpc) is 3.69. The standard InChI is InChI=1S/C44H55N6O4PSSi/c1-29-36(25-45-50(29)27-44-22-30-19-31(23-44)21-32(20-30)24-44)35-13-14-40(46-42(35)55(2,52)53)48-16-15-33-9-8-10-34(37(33)26-48)41(51)47-43-49(28-54-17-18-57(3,4)5)38-11-6-7-12-39(38)56-43/h6-14,25,30-32H,15-24,26-28H2,1-5H3,(H,52,53). The van der Waals surface area contributed by atoms with Crippen LogP contribution in [-0.2, 0) is 35.5 Å². The second-order valence-electron chi connectivity index (χ2n) is 18.8. The van der Waals surface area contributed by atoms with Crippen molar-refractivity contribution in [3.63, 3.8) is 0 Å². The first-order valence-corrected chi connectivity index (χ1v) is 27.3. The number of carbonyl (C=O) groups excluding carboxylic acids is 1. The number of amides is 1. The summed E-state index contributed by atoms with van der Waals surface area (Å²) in [5, 5.41) is 4.89. The van der Waals surface area contributed by atoms with Gasteiger partial charge in [0.05, 0.1) is 16.4 Å². The summed E-state index contributed by atoms with van der Waals surface area (Å²) in [6.07, 6.45) is 10.7. The maximum atomic E-state index is 14.1. The highest BCUT2D eigenvalue weighted by Crippen LogP contribution is 2.60. The molecule has 0 spiro atoms. The fraction of sp³-hybridized carbons (Fsp3) is 0.500. The number of fused-ring (bicyclic) bond motifs is 2. The lowest BCUT2D eigenvalue weighted by atomic mass is 9.49. The summed E-state index contributed by atoms with van der Waals surface area (Å²) in [6.45, 7) is 13.5. The van der Waals surface area contributed by atoms with E-state index < -0.39 is 15.4 Å². The third-order valence-corrected chi connectivity index (χ3v) is 17.0. The zero-order valence-electron chi connectivity index (χ0n) is 33.9. The minimum absolute atomic E-state index is 0.198. The Morgan fingerprint density at radius 1 is 1.02 bits per heavy atom. The van der Waals surface area contributed by atoms with E-state index >= 15 is 0 Å². The lowest BCUT2D eigenvalue weighted by molar-refractivity contribution is -0.0638. The second kappa shape index (κ2) is 14.9. The number of para-hydroxylation sites is 1. The van der Waals surface area contributed by atoms with Crippen molar-refractivity contribution in [1.29, 1.82) is 0 Å². The van der Waals surface area contributed by atoms with Crippen molar-refractivity contribution in [2.24, 2.45) is 28.2 Å². The van der Waals surface area contributed by atoms with Gasteiger partial charge in [-0.05, 0) is 123 Å². The third-order valence-electron chi connectivity index (χ3n) is 13.1. The van der Waals surface area contributed by atoms with E-state index in [1.165, 1.54) is 56.5 Å². The van der Waals surface area contributed by atoms with Crippen LogP contribution in [0.2, 0.25) is 25.7 Å². The Kier molecular flexibility index (Phi) is 10.1. The summed E-state index contributed by atoms with van der Waals surface area (Å²) in [5.74, 6) is 2.91. The lowest BCUT2D eigenvalue weighted by Gasteiger charge is -2.56. The van der Waals surface area contributed by atoms with E-state index in [1.54, 1.807) is 0 Å². The second-order valence-corrected chi connectivity index (χ2v) is 27.6. The Morgan fingerprint density at radius 3 is 2.47 bits per heavy atom. The molecule has 4 aliphatic carbocycles. The topological polar surface area (TPSA) is 115 Å². The molecule has 57 heavy (non-hydrogen) atoms. The number of anilines is 1. The van der Waals surface area contributed by atoms with Crippen LogP contribution in [0, 0.1) is 30.1 Å². The number of carbonyl (C=O) groups is 1. The monoisotopic (exact) mass is 822 g/mol. The van der Waals surface area contributed by atoms with Crippen molar-refractivity contribution >= 4 is 54.2 Å². The molecule has 10 nitrogen and oxygen atoms in total. The van der Waals surface area contributed by atoms with Crippen LogP contribution in [-0.4, -0.2) is 58.0 Å². The Balaban J connectivity index is 0.983. The first kappa shape index (κ1) is 38.8. The third kappa shape index (κ3) is 7.80. The molecule has 3 aromatic heterocycles. The number of ether oxygens (including phenoxy) is 1. The fourth-order valence-corrected chi connectivity index (χ4v) is 13.4. The van der Waals surface area contributed by atoms with E-state index in [0.29, 0.717) is 60.0 Å². The summed E-state index contributed by atoms with van der Waals surface area (Å²) in [4.78, 5) is 37.6. The number of benzene rings is 2. The van der Waals surface area contributed by atoms with Gasteiger partial charge in [0.2, 0.25) is 7.37 Å². The van der Waals surface area contributed by atoms with Crippen LogP contribution in [0.1, 0.15) is 65.7 Å². The Morgan fingerprint density at radius 2 is 1.75 bits per heavy atom. The van der Waals surface area contributed by atoms with Crippen molar-refractivity contribution in [3.8, 4) is 11.1 Å². The normalized spacial score (nSPS) is 24.3. The van der Waals surface area contributed by atoms with Crippen molar-refractivity contribution in [1.82, 2.24) is 19.3 Å². The van der Waals surface area contributed by atoms with Crippen LogP contribution in [0.25, 0.3) is 21.3 Å². The highest BCUT2D eigenvalue weighted by molar-refractivity contribution is 7.65. The van der Waals surface area contributed by atoms with Gasteiger partial charge in [0.15, 0.2) is 4.80 Å². The molecule has 4 bridgehead atoms. The van der Waals surface area contributed by atoms with Crippen LogP contribution in [0.3, 0.4) is 0 Å². The molecule has 1 atom stereocenters. The SMILES string of the molecule is Cc1c(-c2ccc(N3CCc4cccc(C(=O)N=c5sc6ccccc6n5COCC[Si](C)(C)C)c4C3)nc2P(C)(=O)O)cnn1CC12CC3CC(CC(C3)C1)C2. The molecule has 0 saturated heterocycles. The zero-order chi connectivity index (χ0) is 39.7. The van der Waals surface area contributed by atoms with Crippen LogP contribution in [0.15, 0.2) is 65.8 Å². The van der Waals surface area contributed by atoms with Gasteiger partial charge in [0, 0.05) is 63.4 Å². The predicted molar refractivity (Wildman–Crippen MR) is 231 cm³/mol. The molecular weight excluding hydrogens is 768 g/mol. The Labute approximate surface area is 340 Å². The minimum Gasteiger partial charge on any atom is -0.361 e. The number of rotatable bonds is 11. The molecule has 13 heteroatoms. The molecule has 4 fully saturated rings. The minimum atomic E-state index is -3.79. The van der Waals surface area contributed by atoms with Gasteiger partial charge < -0.3 is 14.5 Å². The molecule has 5 aromatic rings. The molecular formula is C44H55N6O4PSSi. The molecule has 0 radical (unpaired) electrons. The van der Waals surface area contributed by atoms with Crippen molar-refractivity contribution < 1.29 is 19.0 Å². The van der Waals surface area contributed by atoms with E-state index in [0.717, 1.165) is 62.9 Å². The molecule has 1 amide bonds. The van der Waals surface area contributed by atoms with Crippen molar-refractivity contribution in [2.45, 2.75) is 97.4 Å². The largest absolute Gasteiger partial charge is 0.361 e. The van der Waals surface area contributed by atoms with Gasteiger partial charge in [-0.3, -0.25) is 18.6 Å². The molecule has 2 aromatic carbocycles. The number of hydrogen-bond donors (Lipinski definition) is 1. The van der Waals surface area contributed by atoms with Crippen LogP contribution in [0.4, 0.5) is 5.82 Å². The van der Waals surface area contributed by atoms with E-state index in [-0.39, 0.29) is 11.3 Å². The van der Waals surface area contributed by atoms with Crippen molar-refractivity contribution in [2.75, 3.05) is 24.7 Å². The van der Waals surface area contributed by atoms with E-state index in [2.05, 4.69) is 48.3 Å².